The van der Waals surface area contributed by atoms with Crippen LogP contribution in [0, 0.1) is 0 Å². The van der Waals surface area contributed by atoms with Crippen molar-refractivity contribution in [2.75, 3.05) is 6.54 Å². The molecular weight excluding hydrogens is 330 g/mol. The standard InChI is InChI=1S/C25H25NO/c27-25(23-17-9-15-19-14-7-8-16-22(19)23)26-18-24(20-10-3-1-4-11-20)21-12-5-2-6-13-21/h1-8,10-14,16,23-24H,9,15,17-18H2,(H,26,27). The second-order valence-corrected chi connectivity index (χ2v) is 7.26. The van der Waals surface area contributed by atoms with Crippen LogP contribution in [0.4, 0.5) is 0 Å². The number of benzene rings is 3. The van der Waals surface area contributed by atoms with Crippen molar-refractivity contribution in [3.63, 3.8) is 0 Å². The highest BCUT2D eigenvalue weighted by Gasteiger charge is 2.26. The van der Waals surface area contributed by atoms with Crippen molar-refractivity contribution in [1.82, 2.24) is 5.32 Å². The maximum atomic E-state index is 13.0. The third-order valence-corrected chi connectivity index (χ3v) is 5.57. The van der Waals surface area contributed by atoms with Crippen molar-refractivity contribution >= 4 is 5.91 Å². The molecule has 136 valence electrons. The Morgan fingerprint density at radius 3 is 2.11 bits per heavy atom. The lowest BCUT2D eigenvalue weighted by Gasteiger charge is -2.26. The number of hydrogen-bond donors (Lipinski definition) is 1. The molecule has 2 heteroatoms. The highest BCUT2D eigenvalue weighted by molar-refractivity contribution is 5.84. The fourth-order valence-electron chi connectivity index (χ4n) is 4.15. The summed E-state index contributed by atoms with van der Waals surface area (Å²) in [4.78, 5) is 13.0. The molecule has 1 atom stereocenters. The number of rotatable bonds is 5. The largest absolute Gasteiger partial charge is 0.355 e. The van der Waals surface area contributed by atoms with Crippen LogP contribution in [0.1, 0.15) is 46.9 Å². The minimum Gasteiger partial charge on any atom is -0.355 e. The number of carbonyl (C=O) groups is 1. The van der Waals surface area contributed by atoms with Crippen molar-refractivity contribution in [3.05, 3.63) is 107 Å². The monoisotopic (exact) mass is 355 g/mol. The molecule has 0 bridgehead atoms. The fourth-order valence-corrected chi connectivity index (χ4v) is 4.15. The van der Waals surface area contributed by atoms with Gasteiger partial charge in [-0.3, -0.25) is 4.79 Å². The lowest BCUT2D eigenvalue weighted by atomic mass is 9.82. The summed E-state index contributed by atoms with van der Waals surface area (Å²) in [5.41, 5.74) is 4.99. The van der Waals surface area contributed by atoms with E-state index in [0.29, 0.717) is 6.54 Å². The van der Waals surface area contributed by atoms with Gasteiger partial charge >= 0.3 is 0 Å². The molecule has 3 aromatic carbocycles. The van der Waals surface area contributed by atoms with Crippen molar-refractivity contribution in [1.29, 1.82) is 0 Å². The predicted molar refractivity (Wildman–Crippen MR) is 110 cm³/mol. The van der Waals surface area contributed by atoms with E-state index in [0.717, 1.165) is 19.3 Å². The number of carbonyl (C=O) groups excluding carboxylic acids is 1. The minimum absolute atomic E-state index is 0.0258. The van der Waals surface area contributed by atoms with Gasteiger partial charge in [-0.15, -0.1) is 0 Å². The van der Waals surface area contributed by atoms with Gasteiger partial charge in [0.1, 0.15) is 0 Å². The van der Waals surface area contributed by atoms with E-state index in [-0.39, 0.29) is 17.7 Å². The molecule has 2 nitrogen and oxygen atoms in total. The first kappa shape index (κ1) is 17.5. The Labute approximate surface area is 161 Å². The van der Waals surface area contributed by atoms with E-state index in [1.165, 1.54) is 22.3 Å². The van der Waals surface area contributed by atoms with Crippen molar-refractivity contribution in [2.24, 2.45) is 0 Å². The Hall–Kier alpha value is -2.87. The van der Waals surface area contributed by atoms with Gasteiger partial charge in [-0.1, -0.05) is 84.9 Å². The molecule has 0 saturated carbocycles. The van der Waals surface area contributed by atoms with Gasteiger partial charge in [-0.05, 0) is 41.5 Å². The molecule has 1 amide bonds. The fraction of sp³-hybridized carbons (Fsp3) is 0.240. The van der Waals surface area contributed by atoms with Crippen LogP contribution in [0.5, 0.6) is 0 Å². The quantitative estimate of drug-likeness (QED) is 0.681. The maximum absolute atomic E-state index is 13.0. The molecule has 1 aliphatic rings. The molecule has 0 aliphatic heterocycles. The molecular formula is C25H25NO. The van der Waals surface area contributed by atoms with E-state index in [1.807, 2.05) is 18.2 Å². The van der Waals surface area contributed by atoms with Crippen LogP contribution >= 0.6 is 0 Å². The molecule has 1 aliphatic carbocycles. The molecule has 1 N–H and O–H groups in total. The summed E-state index contributed by atoms with van der Waals surface area (Å²) in [6.07, 6.45) is 3.09. The molecule has 0 fully saturated rings. The van der Waals surface area contributed by atoms with Crippen molar-refractivity contribution in [3.8, 4) is 0 Å². The molecule has 0 aromatic heterocycles. The average Bonchev–Trinajstić information content (AvgIpc) is 2.75. The van der Waals surface area contributed by atoms with Crippen LogP contribution in [0.2, 0.25) is 0 Å². The zero-order valence-corrected chi connectivity index (χ0v) is 15.5. The average molecular weight is 355 g/mol. The maximum Gasteiger partial charge on any atom is 0.227 e. The van der Waals surface area contributed by atoms with Gasteiger partial charge < -0.3 is 5.32 Å². The van der Waals surface area contributed by atoms with Gasteiger partial charge in [0.05, 0.1) is 5.92 Å². The second-order valence-electron chi connectivity index (χ2n) is 7.26. The number of fused-ring (bicyclic) bond motifs is 1. The zero-order chi connectivity index (χ0) is 18.5. The van der Waals surface area contributed by atoms with Crippen LogP contribution in [0.15, 0.2) is 84.9 Å². The molecule has 1 unspecified atom stereocenters. The Morgan fingerprint density at radius 2 is 1.44 bits per heavy atom. The Kier molecular flexibility index (Phi) is 5.34. The molecule has 0 radical (unpaired) electrons. The van der Waals surface area contributed by atoms with Crippen molar-refractivity contribution in [2.45, 2.75) is 31.1 Å². The van der Waals surface area contributed by atoms with E-state index in [9.17, 15) is 4.79 Å². The number of nitrogens with one attached hydrogen (secondary N) is 1. The van der Waals surface area contributed by atoms with E-state index < -0.39 is 0 Å². The first-order valence-electron chi connectivity index (χ1n) is 9.78. The normalized spacial score (nSPS) is 16.0. The molecule has 0 spiro atoms. The Bertz CT molecular complexity index is 849. The second kappa shape index (κ2) is 8.22. The zero-order valence-electron chi connectivity index (χ0n) is 15.5. The smallest absolute Gasteiger partial charge is 0.227 e. The van der Waals surface area contributed by atoms with E-state index in [1.54, 1.807) is 0 Å². The third-order valence-electron chi connectivity index (χ3n) is 5.57. The number of aryl methyl sites for hydroxylation is 1. The van der Waals surface area contributed by atoms with Gasteiger partial charge in [0, 0.05) is 12.5 Å². The summed E-state index contributed by atoms with van der Waals surface area (Å²) in [6, 6.07) is 29.2. The van der Waals surface area contributed by atoms with Crippen LogP contribution in [-0.2, 0) is 11.2 Å². The highest BCUT2D eigenvalue weighted by atomic mass is 16.1. The van der Waals surface area contributed by atoms with E-state index >= 15 is 0 Å². The molecule has 4 rings (SSSR count). The van der Waals surface area contributed by atoms with Gasteiger partial charge in [-0.25, -0.2) is 0 Å². The lowest BCUT2D eigenvalue weighted by Crippen LogP contribution is -2.34. The number of amides is 1. The van der Waals surface area contributed by atoms with Crippen molar-refractivity contribution < 1.29 is 4.79 Å². The molecule has 0 saturated heterocycles. The van der Waals surface area contributed by atoms with Gasteiger partial charge in [0.15, 0.2) is 0 Å². The predicted octanol–water partition coefficient (Wildman–Crippen LogP) is 5.05. The summed E-state index contributed by atoms with van der Waals surface area (Å²) < 4.78 is 0. The summed E-state index contributed by atoms with van der Waals surface area (Å²) in [5.74, 6) is 0.288. The van der Waals surface area contributed by atoms with E-state index in [2.05, 4.69) is 72.0 Å². The lowest BCUT2D eigenvalue weighted by molar-refractivity contribution is -0.122. The van der Waals surface area contributed by atoms with Crippen LogP contribution in [0.3, 0.4) is 0 Å². The SMILES string of the molecule is O=C(NCC(c1ccccc1)c1ccccc1)C1CCCc2ccccc21. The van der Waals surface area contributed by atoms with Gasteiger partial charge in [0.2, 0.25) is 5.91 Å². The van der Waals surface area contributed by atoms with Crippen LogP contribution < -0.4 is 5.32 Å². The Morgan fingerprint density at radius 1 is 0.852 bits per heavy atom. The summed E-state index contributed by atoms with van der Waals surface area (Å²) in [5, 5.41) is 3.25. The summed E-state index contributed by atoms with van der Waals surface area (Å²) in [6.45, 7) is 0.617. The van der Waals surface area contributed by atoms with Gasteiger partial charge in [-0.2, -0.15) is 0 Å². The van der Waals surface area contributed by atoms with Gasteiger partial charge in [0.25, 0.3) is 0 Å². The minimum atomic E-state index is -0.0258. The van der Waals surface area contributed by atoms with E-state index in [4.69, 9.17) is 0 Å². The molecule has 3 aromatic rings. The third kappa shape index (κ3) is 3.95. The number of hydrogen-bond acceptors (Lipinski definition) is 1. The van der Waals surface area contributed by atoms with Crippen LogP contribution in [-0.4, -0.2) is 12.5 Å². The van der Waals surface area contributed by atoms with Crippen LogP contribution in [0.25, 0.3) is 0 Å². The highest BCUT2D eigenvalue weighted by Crippen LogP contribution is 2.32. The summed E-state index contributed by atoms with van der Waals surface area (Å²) >= 11 is 0. The first-order valence-corrected chi connectivity index (χ1v) is 9.78. The molecule has 27 heavy (non-hydrogen) atoms. The topological polar surface area (TPSA) is 29.1 Å². The summed E-state index contributed by atoms with van der Waals surface area (Å²) in [7, 11) is 0. The first-order chi connectivity index (χ1) is 13.3. The Balaban J connectivity index is 1.53. The molecule has 0 heterocycles.